The first kappa shape index (κ1) is 14.6. The topological polar surface area (TPSA) is 48.3 Å². The van der Waals surface area contributed by atoms with E-state index in [1.165, 1.54) is 6.92 Å². The Bertz CT molecular complexity index is 817. The van der Waals surface area contributed by atoms with Gasteiger partial charge in [0.2, 0.25) is 0 Å². The van der Waals surface area contributed by atoms with E-state index < -0.39 is 5.97 Å². The molecule has 0 spiro atoms. The normalized spacial score (nSPS) is 17.6. The number of aryl methyl sites for hydroxylation is 1. The molecule has 1 heterocycles. The molecule has 1 aromatic heterocycles. The summed E-state index contributed by atoms with van der Waals surface area (Å²) in [6, 6.07) is 7.52. The summed E-state index contributed by atoms with van der Waals surface area (Å²) in [7, 11) is 1.76. The molecule has 1 aliphatic rings. The van der Waals surface area contributed by atoms with Crippen LogP contribution in [-0.4, -0.2) is 10.5 Å². The summed E-state index contributed by atoms with van der Waals surface area (Å²) < 4.78 is 7.10. The van der Waals surface area contributed by atoms with Crippen LogP contribution in [0.25, 0.3) is 10.9 Å². The summed E-state index contributed by atoms with van der Waals surface area (Å²) in [4.78, 5) is 24.4. The van der Waals surface area contributed by atoms with Gasteiger partial charge in [0.1, 0.15) is 5.75 Å². The minimum atomic E-state index is -0.403. The van der Waals surface area contributed by atoms with E-state index in [-0.39, 0.29) is 11.5 Å². The van der Waals surface area contributed by atoms with E-state index >= 15 is 0 Å². The number of para-hydroxylation sites is 1. The maximum atomic E-state index is 12.8. The lowest BCUT2D eigenvalue weighted by Crippen LogP contribution is -2.25. The van der Waals surface area contributed by atoms with Crippen molar-refractivity contribution < 1.29 is 9.53 Å². The summed E-state index contributed by atoms with van der Waals surface area (Å²) in [6.45, 7) is 1.37. The first-order valence-corrected chi connectivity index (χ1v) is 7.56. The molecule has 0 aliphatic heterocycles. The van der Waals surface area contributed by atoms with Gasteiger partial charge in [-0.3, -0.25) is 9.59 Å². The number of allylic oxidation sites excluding steroid dienone is 2. The van der Waals surface area contributed by atoms with Gasteiger partial charge in [-0.05, 0) is 31.4 Å². The Kier molecular flexibility index (Phi) is 3.84. The molecule has 0 fully saturated rings. The van der Waals surface area contributed by atoms with E-state index in [4.69, 9.17) is 4.74 Å². The monoisotopic (exact) mass is 297 g/mol. The number of aromatic nitrogens is 1. The quantitative estimate of drug-likeness (QED) is 0.631. The highest BCUT2D eigenvalue weighted by Crippen LogP contribution is 2.36. The summed E-state index contributed by atoms with van der Waals surface area (Å²) in [5.74, 6) is 0.0219. The average molecular weight is 297 g/mol. The third-order valence-corrected chi connectivity index (χ3v) is 4.16. The van der Waals surface area contributed by atoms with Crippen molar-refractivity contribution in [2.45, 2.75) is 32.1 Å². The maximum absolute atomic E-state index is 12.8. The number of nitrogens with zero attached hydrogens (tertiary/aromatic N) is 1. The molecule has 0 bridgehead atoms. The van der Waals surface area contributed by atoms with Crippen molar-refractivity contribution in [3.63, 3.8) is 0 Å². The second-order valence-electron chi connectivity index (χ2n) is 5.68. The van der Waals surface area contributed by atoms with E-state index in [0.29, 0.717) is 11.3 Å². The number of fused-ring (bicyclic) bond motifs is 1. The standard InChI is InChI=1S/C18H19NO3/c1-12(20)22-17-14-10-6-7-11-15(14)19(2)18(21)16(17)13-8-4-3-5-9-13/h4,6-8,10-11,13H,3,5,9H2,1-2H3. The zero-order valence-electron chi connectivity index (χ0n) is 12.8. The number of hydrogen-bond donors (Lipinski definition) is 0. The van der Waals surface area contributed by atoms with Gasteiger partial charge < -0.3 is 9.30 Å². The SMILES string of the molecule is CC(=O)Oc1c(C2C=CCCC2)c(=O)n(C)c2ccccc12. The van der Waals surface area contributed by atoms with Crippen molar-refractivity contribution in [3.05, 3.63) is 52.3 Å². The second kappa shape index (κ2) is 5.79. The van der Waals surface area contributed by atoms with Gasteiger partial charge in [0, 0.05) is 25.3 Å². The van der Waals surface area contributed by atoms with Crippen LogP contribution in [0.1, 0.15) is 37.7 Å². The summed E-state index contributed by atoms with van der Waals surface area (Å²) in [5, 5.41) is 0.800. The number of carbonyl (C=O) groups is 1. The van der Waals surface area contributed by atoms with Crippen molar-refractivity contribution in [1.82, 2.24) is 4.57 Å². The zero-order valence-corrected chi connectivity index (χ0v) is 12.8. The number of rotatable bonds is 2. The third kappa shape index (κ3) is 2.45. The molecule has 0 amide bonds. The molecule has 4 nitrogen and oxygen atoms in total. The molecule has 4 heteroatoms. The number of benzene rings is 1. The summed E-state index contributed by atoms with van der Waals surface area (Å²) >= 11 is 0. The van der Waals surface area contributed by atoms with Gasteiger partial charge in [-0.2, -0.15) is 0 Å². The van der Waals surface area contributed by atoms with Gasteiger partial charge in [-0.15, -0.1) is 0 Å². The maximum Gasteiger partial charge on any atom is 0.308 e. The smallest absolute Gasteiger partial charge is 0.308 e. The molecule has 1 atom stereocenters. The molecular weight excluding hydrogens is 278 g/mol. The van der Waals surface area contributed by atoms with E-state index in [1.807, 2.05) is 24.3 Å². The Morgan fingerprint density at radius 2 is 2.09 bits per heavy atom. The predicted octanol–water partition coefficient (Wildman–Crippen LogP) is 3.29. The van der Waals surface area contributed by atoms with E-state index in [2.05, 4.69) is 12.2 Å². The van der Waals surface area contributed by atoms with Crippen LogP contribution in [0.15, 0.2) is 41.2 Å². The lowest BCUT2D eigenvalue weighted by atomic mass is 9.88. The molecule has 2 aromatic rings. The Morgan fingerprint density at radius 1 is 1.32 bits per heavy atom. The first-order valence-electron chi connectivity index (χ1n) is 7.56. The van der Waals surface area contributed by atoms with Crippen LogP contribution in [0.4, 0.5) is 0 Å². The van der Waals surface area contributed by atoms with Crippen LogP contribution in [0, 0.1) is 0 Å². The van der Waals surface area contributed by atoms with Crippen LogP contribution in [0.2, 0.25) is 0 Å². The Morgan fingerprint density at radius 3 is 2.77 bits per heavy atom. The van der Waals surface area contributed by atoms with Gasteiger partial charge in [0.15, 0.2) is 0 Å². The Labute approximate surface area is 129 Å². The van der Waals surface area contributed by atoms with Gasteiger partial charge in [0.05, 0.1) is 11.1 Å². The lowest BCUT2D eigenvalue weighted by molar-refractivity contribution is -0.131. The van der Waals surface area contributed by atoms with Gasteiger partial charge in [-0.1, -0.05) is 24.3 Å². The fraction of sp³-hybridized carbons (Fsp3) is 0.333. The summed E-state index contributed by atoms with van der Waals surface area (Å²) in [5.41, 5.74) is 1.27. The molecule has 3 rings (SSSR count). The van der Waals surface area contributed by atoms with Crippen LogP contribution < -0.4 is 10.3 Å². The van der Waals surface area contributed by atoms with Gasteiger partial charge in [-0.25, -0.2) is 0 Å². The van der Waals surface area contributed by atoms with Crippen molar-refractivity contribution in [1.29, 1.82) is 0 Å². The molecule has 1 aliphatic carbocycles. The Balaban J connectivity index is 2.35. The van der Waals surface area contributed by atoms with Crippen molar-refractivity contribution >= 4 is 16.9 Å². The van der Waals surface area contributed by atoms with E-state index in [1.54, 1.807) is 11.6 Å². The number of esters is 1. The highest BCUT2D eigenvalue weighted by molar-refractivity contribution is 5.89. The van der Waals surface area contributed by atoms with Crippen LogP contribution in [0.5, 0.6) is 5.75 Å². The van der Waals surface area contributed by atoms with E-state index in [0.717, 1.165) is 30.2 Å². The van der Waals surface area contributed by atoms with Crippen LogP contribution >= 0.6 is 0 Å². The molecule has 1 unspecified atom stereocenters. The lowest BCUT2D eigenvalue weighted by Gasteiger charge is -2.21. The number of ether oxygens (including phenoxy) is 1. The van der Waals surface area contributed by atoms with Crippen molar-refractivity contribution in [3.8, 4) is 5.75 Å². The second-order valence-corrected chi connectivity index (χ2v) is 5.68. The zero-order chi connectivity index (χ0) is 15.7. The Hall–Kier alpha value is -2.36. The molecule has 0 N–H and O–H groups in total. The molecule has 0 saturated heterocycles. The minimum absolute atomic E-state index is 0.00593. The summed E-state index contributed by atoms with van der Waals surface area (Å²) in [6.07, 6.45) is 7.13. The van der Waals surface area contributed by atoms with Crippen LogP contribution in [0.3, 0.4) is 0 Å². The van der Waals surface area contributed by atoms with Crippen molar-refractivity contribution in [2.24, 2.45) is 7.05 Å². The fourth-order valence-corrected chi connectivity index (χ4v) is 3.12. The molecule has 0 radical (unpaired) electrons. The van der Waals surface area contributed by atoms with Crippen molar-refractivity contribution in [2.75, 3.05) is 0 Å². The highest BCUT2D eigenvalue weighted by atomic mass is 16.5. The fourth-order valence-electron chi connectivity index (χ4n) is 3.12. The van der Waals surface area contributed by atoms with E-state index in [9.17, 15) is 9.59 Å². The van der Waals surface area contributed by atoms with Gasteiger partial charge >= 0.3 is 5.97 Å². The molecule has 1 aromatic carbocycles. The molecular formula is C18H19NO3. The number of hydrogen-bond acceptors (Lipinski definition) is 3. The average Bonchev–Trinajstić information content (AvgIpc) is 2.53. The third-order valence-electron chi connectivity index (χ3n) is 4.16. The first-order chi connectivity index (χ1) is 10.6. The minimum Gasteiger partial charge on any atom is -0.425 e. The molecule has 22 heavy (non-hydrogen) atoms. The number of carbonyl (C=O) groups excluding carboxylic acids is 1. The number of pyridine rings is 1. The van der Waals surface area contributed by atoms with Gasteiger partial charge in [0.25, 0.3) is 5.56 Å². The highest BCUT2D eigenvalue weighted by Gasteiger charge is 2.24. The largest absolute Gasteiger partial charge is 0.425 e. The molecule has 0 saturated carbocycles. The predicted molar refractivity (Wildman–Crippen MR) is 86.2 cm³/mol. The molecule has 114 valence electrons. The van der Waals surface area contributed by atoms with Crippen LogP contribution in [-0.2, 0) is 11.8 Å².